The maximum Gasteiger partial charge on any atom is 0.262 e. The summed E-state index contributed by atoms with van der Waals surface area (Å²) in [6, 6.07) is 7.80. The van der Waals surface area contributed by atoms with E-state index in [-0.39, 0.29) is 4.90 Å². The van der Waals surface area contributed by atoms with E-state index in [2.05, 4.69) is 0 Å². The van der Waals surface area contributed by atoms with E-state index < -0.39 is 33.1 Å². The molecule has 0 radical (unpaired) electrons. The number of nitrogens with one attached hydrogen (secondary N) is 1. The van der Waals surface area contributed by atoms with Crippen molar-refractivity contribution in [3.8, 4) is 5.75 Å². The standard InChI is InChI=1S/C12H9F2NO3S/c13-8-3-1-4-9(7-8)19(17,18)15-10-5-2-6-11(16)12(10)14/h1-7,15-16H. The molecule has 0 atom stereocenters. The minimum atomic E-state index is -4.12. The third kappa shape index (κ3) is 2.82. The van der Waals surface area contributed by atoms with Crippen molar-refractivity contribution in [3.63, 3.8) is 0 Å². The molecule has 0 heterocycles. The summed E-state index contributed by atoms with van der Waals surface area (Å²) in [6.07, 6.45) is 0. The van der Waals surface area contributed by atoms with E-state index in [1.54, 1.807) is 0 Å². The molecule has 0 aliphatic rings. The second-order valence-electron chi connectivity index (χ2n) is 3.70. The van der Waals surface area contributed by atoms with Crippen LogP contribution in [0, 0.1) is 11.6 Å². The van der Waals surface area contributed by atoms with Gasteiger partial charge < -0.3 is 5.11 Å². The van der Waals surface area contributed by atoms with Crippen molar-refractivity contribution < 1.29 is 22.3 Å². The zero-order valence-corrected chi connectivity index (χ0v) is 10.3. The van der Waals surface area contributed by atoms with Gasteiger partial charge in [-0.05, 0) is 30.3 Å². The van der Waals surface area contributed by atoms with Gasteiger partial charge in [-0.15, -0.1) is 0 Å². The first-order valence-electron chi connectivity index (χ1n) is 5.16. The number of benzene rings is 2. The number of phenols is 1. The van der Waals surface area contributed by atoms with Gasteiger partial charge in [-0.3, -0.25) is 4.72 Å². The Morgan fingerprint density at radius 3 is 2.42 bits per heavy atom. The Bertz CT molecular complexity index is 717. The molecule has 0 unspecified atom stereocenters. The highest BCUT2D eigenvalue weighted by molar-refractivity contribution is 7.92. The first-order valence-corrected chi connectivity index (χ1v) is 6.64. The van der Waals surface area contributed by atoms with Crippen LogP contribution in [0.15, 0.2) is 47.4 Å². The number of rotatable bonds is 3. The lowest BCUT2D eigenvalue weighted by molar-refractivity contribution is 0.434. The summed E-state index contributed by atoms with van der Waals surface area (Å²) in [5, 5.41) is 9.14. The molecule has 0 bridgehead atoms. The van der Waals surface area contributed by atoms with Crippen LogP contribution < -0.4 is 4.72 Å². The van der Waals surface area contributed by atoms with Crippen LogP contribution in [0.3, 0.4) is 0 Å². The lowest BCUT2D eigenvalue weighted by Crippen LogP contribution is -2.14. The molecule has 0 fully saturated rings. The van der Waals surface area contributed by atoms with Gasteiger partial charge in [-0.25, -0.2) is 17.2 Å². The van der Waals surface area contributed by atoms with E-state index in [0.29, 0.717) is 0 Å². The second kappa shape index (κ2) is 4.85. The van der Waals surface area contributed by atoms with Crippen molar-refractivity contribution >= 4 is 15.7 Å². The van der Waals surface area contributed by atoms with E-state index in [1.807, 2.05) is 4.72 Å². The van der Waals surface area contributed by atoms with Crippen LogP contribution in [0.4, 0.5) is 14.5 Å². The average molecular weight is 285 g/mol. The molecular weight excluding hydrogens is 276 g/mol. The lowest BCUT2D eigenvalue weighted by atomic mass is 10.3. The normalized spacial score (nSPS) is 11.3. The molecule has 0 amide bonds. The molecule has 2 N–H and O–H groups in total. The third-order valence-electron chi connectivity index (χ3n) is 2.33. The van der Waals surface area contributed by atoms with Crippen molar-refractivity contribution in [3.05, 3.63) is 54.1 Å². The van der Waals surface area contributed by atoms with Crippen molar-refractivity contribution in [2.75, 3.05) is 4.72 Å². The van der Waals surface area contributed by atoms with Crippen LogP contribution in [-0.2, 0) is 10.0 Å². The summed E-state index contributed by atoms with van der Waals surface area (Å²) in [5.41, 5.74) is -0.413. The molecule has 100 valence electrons. The van der Waals surface area contributed by atoms with E-state index >= 15 is 0 Å². The van der Waals surface area contributed by atoms with Crippen molar-refractivity contribution in [1.82, 2.24) is 0 Å². The molecule has 0 aliphatic carbocycles. The fraction of sp³-hybridized carbons (Fsp3) is 0. The first-order chi connectivity index (χ1) is 8.90. The van der Waals surface area contributed by atoms with Crippen LogP contribution in [-0.4, -0.2) is 13.5 Å². The lowest BCUT2D eigenvalue weighted by Gasteiger charge is -2.09. The quantitative estimate of drug-likeness (QED) is 0.910. The SMILES string of the molecule is O=S(=O)(Nc1cccc(O)c1F)c1cccc(F)c1. The number of halogens is 2. The van der Waals surface area contributed by atoms with Crippen molar-refractivity contribution in [2.45, 2.75) is 4.90 Å². The Labute approximate surface area is 108 Å². The van der Waals surface area contributed by atoms with Gasteiger partial charge in [0.25, 0.3) is 10.0 Å². The Kier molecular flexibility index (Phi) is 3.39. The second-order valence-corrected chi connectivity index (χ2v) is 5.38. The number of hydrogen-bond donors (Lipinski definition) is 2. The molecule has 2 rings (SSSR count). The molecule has 0 spiro atoms. The van der Waals surface area contributed by atoms with E-state index in [0.717, 1.165) is 24.3 Å². The Morgan fingerprint density at radius 1 is 1.05 bits per heavy atom. The molecule has 7 heteroatoms. The fourth-order valence-electron chi connectivity index (χ4n) is 1.44. The molecule has 2 aromatic carbocycles. The van der Waals surface area contributed by atoms with Gasteiger partial charge >= 0.3 is 0 Å². The van der Waals surface area contributed by atoms with Gasteiger partial charge in [0.15, 0.2) is 11.6 Å². The van der Waals surface area contributed by atoms with Crippen LogP contribution >= 0.6 is 0 Å². The summed E-state index contributed by atoms with van der Waals surface area (Å²) in [6.45, 7) is 0. The van der Waals surface area contributed by atoms with Crippen molar-refractivity contribution in [2.24, 2.45) is 0 Å². The largest absolute Gasteiger partial charge is 0.505 e. The third-order valence-corrected chi connectivity index (χ3v) is 3.69. The summed E-state index contributed by atoms with van der Waals surface area (Å²) < 4.78 is 52.2. The highest BCUT2D eigenvalue weighted by atomic mass is 32.2. The zero-order valence-electron chi connectivity index (χ0n) is 9.47. The summed E-state index contributed by atoms with van der Waals surface area (Å²) >= 11 is 0. The molecular formula is C12H9F2NO3S. The Balaban J connectivity index is 2.39. The molecule has 0 aliphatic heterocycles. The topological polar surface area (TPSA) is 66.4 Å². The highest BCUT2D eigenvalue weighted by Gasteiger charge is 2.17. The fourth-order valence-corrected chi connectivity index (χ4v) is 2.53. The minimum absolute atomic E-state index is 0.338. The maximum atomic E-state index is 13.5. The molecule has 19 heavy (non-hydrogen) atoms. The summed E-state index contributed by atoms with van der Waals surface area (Å²) in [4.78, 5) is -0.338. The number of phenolic OH excluding ortho intramolecular Hbond substituents is 1. The molecule has 2 aromatic rings. The van der Waals surface area contributed by atoms with Crippen LogP contribution in [0.2, 0.25) is 0 Å². The maximum absolute atomic E-state index is 13.5. The summed E-state index contributed by atoms with van der Waals surface area (Å²) in [7, 11) is -4.12. The molecule has 4 nitrogen and oxygen atoms in total. The molecule has 0 saturated heterocycles. The molecule has 0 saturated carbocycles. The average Bonchev–Trinajstić information content (AvgIpc) is 2.35. The van der Waals surface area contributed by atoms with Crippen molar-refractivity contribution in [1.29, 1.82) is 0 Å². The van der Waals surface area contributed by atoms with E-state index in [4.69, 9.17) is 5.11 Å². The Hall–Kier alpha value is -2.15. The number of hydrogen-bond acceptors (Lipinski definition) is 3. The van der Waals surface area contributed by atoms with Gasteiger partial charge in [0, 0.05) is 0 Å². The van der Waals surface area contributed by atoms with Crippen LogP contribution in [0.1, 0.15) is 0 Å². The van der Waals surface area contributed by atoms with Gasteiger partial charge in [-0.1, -0.05) is 12.1 Å². The highest BCUT2D eigenvalue weighted by Crippen LogP contribution is 2.25. The van der Waals surface area contributed by atoms with Gasteiger partial charge in [-0.2, -0.15) is 0 Å². The first kappa shape index (κ1) is 13.3. The number of sulfonamides is 1. The van der Waals surface area contributed by atoms with Gasteiger partial charge in [0.1, 0.15) is 5.82 Å². The summed E-state index contributed by atoms with van der Waals surface area (Å²) in [5.74, 6) is -2.50. The Morgan fingerprint density at radius 2 is 1.74 bits per heavy atom. The zero-order chi connectivity index (χ0) is 14.0. The number of anilines is 1. The number of aromatic hydroxyl groups is 1. The minimum Gasteiger partial charge on any atom is -0.505 e. The smallest absolute Gasteiger partial charge is 0.262 e. The predicted molar refractivity (Wildman–Crippen MR) is 65.3 cm³/mol. The van der Waals surface area contributed by atoms with Crippen LogP contribution in [0.5, 0.6) is 5.75 Å². The monoisotopic (exact) mass is 285 g/mol. The van der Waals surface area contributed by atoms with Crippen LogP contribution in [0.25, 0.3) is 0 Å². The van der Waals surface area contributed by atoms with E-state index in [9.17, 15) is 17.2 Å². The predicted octanol–water partition coefficient (Wildman–Crippen LogP) is 2.47. The molecule has 0 aromatic heterocycles. The van der Waals surface area contributed by atoms with Gasteiger partial charge in [0.05, 0.1) is 10.6 Å². The van der Waals surface area contributed by atoms with E-state index in [1.165, 1.54) is 18.2 Å². The van der Waals surface area contributed by atoms with Gasteiger partial charge in [0.2, 0.25) is 0 Å².